The number of amides is 1. The molecule has 0 bridgehead atoms. The van der Waals surface area contributed by atoms with Gasteiger partial charge in [-0.3, -0.25) is 0 Å². The van der Waals surface area contributed by atoms with Crippen LogP contribution >= 0.6 is 0 Å². The molecule has 3 rings (SSSR count). The molecule has 1 aromatic carbocycles. The number of likely N-dealkylation sites (N-methyl/N-ethyl adjacent to an activating group) is 1. The van der Waals surface area contributed by atoms with E-state index in [1.807, 2.05) is 0 Å². The fourth-order valence-corrected chi connectivity index (χ4v) is 2.22. The van der Waals surface area contributed by atoms with Crippen molar-refractivity contribution in [1.82, 2.24) is 15.2 Å². The Hall–Kier alpha value is -2.01. The summed E-state index contributed by atoms with van der Waals surface area (Å²) in [4.78, 5) is 14.1. The molecule has 21 heavy (non-hydrogen) atoms. The molecule has 0 aliphatic carbocycles. The lowest BCUT2D eigenvalue weighted by Crippen LogP contribution is -2.28. The number of fused-ring (bicyclic) bond motifs is 1. The van der Waals surface area contributed by atoms with E-state index in [0.29, 0.717) is 11.1 Å². The van der Waals surface area contributed by atoms with Gasteiger partial charge >= 0.3 is 6.09 Å². The van der Waals surface area contributed by atoms with Crippen LogP contribution in [0.15, 0.2) is 24.4 Å². The van der Waals surface area contributed by atoms with Crippen LogP contribution in [0.4, 0.5) is 4.79 Å². The number of alkyl carbamates (subject to hydrolysis) is 1. The van der Waals surface area contributed by atoms with Crippen LogP contribution < -0.4 is 5.32 Å². The van der Waals surface area contributed by atoms with Crippen LogP contribution in [0.1, 0.15) is 24.8 Å². The Morgan fingerprint density at radius 1 is 1.62 bits per heavy atom. The van der Waals surface area contributed by atoms with Gasteiger partial charge in [0.1, 0.15) is 6.61 Å². The molecule has 1 aromatic heterocycles. The number of H-pyrrole nitrogens is 1. The number of aromatic amines is 1. The van der Waals surface area contributed by atoms with Gasteiger partial charge in [-0.05, 0) is 50.0 Å². The second-order valence-corrected chi connectivity index (χ2v) is 4.75. The molecule has 1 amide bonds. The molecule has 2 heterocycles. The van der Waals surface area contributed by atoms with E-state index in [0.717, 1.165) is 0 Å². The maximum atomic E-state index is 11.3. The molecule has 1 saturated heterocycles. The van der Waals surface area contributed by atoms with E-state index in [1.54, 1.807) is 12.1 Å². The molecule has 5 nitrogen and oxygen atoms in total. The predicted molar refractivity (Wildman–Crippen MR) is 82.5 cm³/mol. The smallest absolute Gasteiger partial charge is 0.407 e. The highest BCUT2D eigenvalue weighted by atomic mass is 16.6. The van der Waals surface area contributed by atoms with Gasteiger partial charge in [-0.15, -0.1) is 0 Å². The number of carbonyl (C=O) groups is 1. The Labute approximate surface area is 138 Å². The molecular weight excluding hydrogens is 266 g/mol. The number of benzene rings is 1. The van der Waals surface area contributed by atoms with Gasteiger partial charge in [-0.1, -0.05) is 6.07 Å². The molecule has 0 spiro atoms. The monoisotopic (exact) mass is 297 g/mol. The highest BCUT2D eigenvalue weighted by molar-refractivity contribution is 5.84. The van der Waals surface area contributed by atoms with Crippen LogP contribution in [-0.2, 0) is 17.5 Å². The van der Waals surface area contributed by atoms with E-state index in [9.17, 15) is 4.79 Å². The van der Waals surface area contributed by atoms with Crippen molar-refractivity contribution in [3.63, 3.8) is 0 Å². The van der Waals surface area contributed by atoms with Crippen molar-refractivity contribution in [2.45, 2.75) is 18.8 Å². The van der Waals surface area contributed by atoms with E-state index >= 15 is 0 Å². The first kappa shape index (κ1) is 6.40. The number of nitrogens with zero attached hydrogens (tertiary/aromatic N) is 1. The third-order valence-corrected chi connectivity index (χ3v) is 3.16. The van der Waals surface area contributed by atoms with Crippen molar-refractivity contribution in [2.24, 2.45) is 0 Å². The minimum absolute atomic E-state index is 0.0479. The predicted octanol–water partition coefficient (Wildman–Crippen LogP) is 1.92. The van der Waals surface area contributed by atoms with Crippen molar-refractivity contribution >= 4 is 17.0 Å². The topological polar surface area (TPSA) is 57.4 Å². The number of carbonyl (C=O) groups excluding carboxylic acids is 1. The highest BCUT2D eigenvalue weighted by Crippen LogP contribution is 2.21. The van der Waals surface area contributed by atoms with Crippen molar-refractivity contribution in [2.75, 3.05) is 27.1 Å². The summed E-state index contributed by atoms with van der Waals surface area (Å²) in [5.74, 6) is 0. The van der Waals surface area contributed by atoms with Crippen molar-refractivity contribution in [1.29, 1.82) is 0 Å². The third kappa shape index (κ3) is 3.19. The SMILES string of the molecule is [2H]c1[nH]c2ccc(C[C@@]3([2H])COC(=O)N3)cc2c1C([2H])([2H])CN(C([2H])([2H])[2H])C([2H])([2H])[2H]. The zero-order valence-electron chi connectivity index (χ0n) is 21.1. The van der Waals surface area contributed by atoms with Gasteiger partial charge < -0.3 is 19.9 Å². The normalized spacial score (nSPS) is 30.6. The lowest BCUT2D eigenvalue weighted by atomic mass is 10.0. The molecule has 0 saturated carbocycles. The average Bonchev–Trinajstić information content (AvgIpc) is 3.09. The fraction of sp³-hybridized carbons (Fsp3) is 0.438. The van der Waals surface area contributed by atoms with Gasteiger partial charge in [0.2, 0.25) is 0 Å². The largest absolute Gasteiger partial charge is 0.447 e. The molecular formula is C16H21N3O2. The van der Waals surface area contributed by atoms with E-state index in [2.05, 4.69) is 10.3 Å². The second-order valence-electron chi connectivity index (χ2n) is 4.75. The molecule has 1 aliphatic heterocycles. The zero-order valence-corrected chi connectivity index (χ0v) is 11.1. The number of hydrogen-bond donors (Lipinski definition) is 2. The minimum atomic E-state index is -3.07. The van der Waals surface area contributed by atoms with Gasteiger partial charge in [0.15, 0.2) is 0 Å². The summed E-state index contributed by atoms with van der Waals surface area (Å²) in [5, 5.41) is 2.65. The third-order valence-electron chi connectivity index (χ3n) is 3.16. The van der Waals surface area contributed by atoms with Crippen molar-refractivity contribution in [3.8, 4) is 0 Å². The minimum Gasteiger partial charge on any atom is -0.447 e. The summed E-state index contributed by atoms with van der Waals surface area (Å²) in [5.41, 5.74) is 0.758. The molecule has 2 aromatic rings. The quantitative estimate of drug-likeness (QED) is 0.886. The van der Waals surface area contributed by atoms with Crippen LogP contribution in [0.25, 0.3) is 10.9 Å². The van der Waals surface area contributed by atoms with Crippen LogP contribution in [-0.4, -0.2) is 49.1 Å². The number of ether oxygens (including phenoxy) is 1. The standard InChI is InChI=1S/C16H21N3O2/c1-19(2)6-5-12-9-17-15-4-3-11(8-14(12)15)7-13-10-21-16(20)18-13/h3-4,8-9,13,17H,5-7,10H2,1-2H3,(H,18,20)/t13-/m0/s1/i1D3,2D3,5D2,9D,13D. The van der Waals surface area contributed by atoms with Crippen molar-refractivity contribution in [3.05, 3.63) is 35.5 Å². The molecule has 0 unspecified atom stereocenters. The second kappa shape index (κ2) is 5.77. The zero-order chi connectivity index (χ0) is 23.4. The number of aromatic nitrogens is 1. The number of cyclic esters (lactones) is 1. The maximum absolute atomic E-state index is 11.3. The van der Waals surface area contributed by atoms with Gasteiger partial charge in [-0.25, -0.2) is 4.79 Å². The molecule has 5 heteroatoms. The van der Waals surface area contributed by atoms with Crippen LogP contribution in [0, 0.1) is 0 Å². The van der Waals surface area contributed by atoms with E-state index in [1.165, 1.54) is 6.07 Å². The first-order valence-electron chi connectivity index (χ1n) is 11.4. The summed E-state index contributed by atoms with van der Waals surface area (Å²) >= 11 is 0. The number of rotatable bonds is 5. The average molecular weight is 297 g/mol. The fourth-order valence-electron chi connectivity index (χ4n) is 2.22. The summed E-state index contributed by atoms with van der Waals surface area (Å²) in [6, 6.07) is 3.36. The number of hydrogen-bond acceptors (Lipinski definition) is 3. The number of nitrogens with one attached hydrogen (secondary N) is 2. The Balaban J connectivity index is 2.00. The maximum Gasteiger partial charge on any atom is 0.407 e. The Morgan fingerprint density at radius 2 is 2.52 bits per heavy atom. The molecule has 1 aliphatic rings. The van der Waals surface area contributed by atoms with Crippen LogP contribution in [0.2, 0.25) is 0 Å². The van der Waals surface area contributed by atoms with Gasteiger partial charge in [-0.2, -0.15) is 0 Å². The van der Waals surface area contributed by atoms with E-state index < -0.39 is 39.0 Å². The van der Waals surface area contributed by atoms with E-state index in [4.69, 9.17) is 18.4 Å². The highest BCUT2D eigenvalue weighted by Gasteiger charge is 2.22. The first-order chi connectivity index (χ1) is 14.0. The van der Waals surface area contributed by atoms with Gasteiger partial charge in [0.05, 0.1) is 8.76 Å². The Kier molecular flexibility index (Phi) is 1.76. The molecule has 2 N–H and O–H groups in total. The molecule has 1 fully saturated rings. The first-order valence-corrected chi connectivity index (χ1v) is 6.36. The molecule has 112 valence electrons. The molecule has 1 atom stereocenters. The lowest BCUT2D eigenvalue weighted by Gasteiger charge is -2.09. The van der Waals surface area contributed by atoms with Crippen molar-refractivity contribution < 1.29 is 23.2 Å². The van der Waals surface area contributed by atoms with Crippen LogP contribution in [0.3, 0.4) is 0 Å². The van der Waals surface area contributed by atoms with E-state index in [-0.39, 0.29) is 35.1 Å². The van der Waals surface area contributed by atoms with Gasteiger partial charge in [0.25, 0.3) is 0 Å². The summed E-state index contributed by atoms with van der Waals surface area (Å²) in [7, 11) is 0. The summed E-state index contributed by atoms with van der Waals surface area (Å²) < 4.78 is 82.9. The summed E-state index contributed by atoms with van der Waals surface area (Å²) in [6.07, 6.45) is -3.48. The summed E-state index contributed by atoms with van der Waals surface area (Å²) in [6.45, 7) is -7.30. The Bertz CT molecular complexity index is 986. The van der Waals surface area contributed by atoms with Gasteiger partial charge in [0, 0.05) is 34.6 Å². The van der Waals surface area contributed by atoms with Crippen LogP contribution in [0.5, 0.6) is 0 Å². The Morgan fingerprint density at radius 3 is 3.29 bits per heavy atom. The lowest BCUT2D eigenvalue weighted by molar-refractivity contribution is 0.177. The molecule has 0 radical (unpaired) electrons.